The van der Waals surface area contributed by atoms with Gasteiger partial charge in [0, 0.05) is 13.1 Å². The summed E-state index contributed by atoms with van der Waals surface area (Å²) in [6.45, 7) is 5.32. The van der Waals surface area contributed by atoms with E-state index in [4.69, 9.17) is 0 Å². The first-order valence-corrected chi connectivity index (χ1v) is 8.43. The van der Waals surface area contributed by atoms with Crippen LogP contribution in [0.2, 0.25) is 0 Å². The van der Waals surface area contributed by atoms with Crippen LogP contribution < -0.4 is 5.32 Å². The van der Waals surface area contributed by atoms with Gasteiger partial charge in [0.15, 0.2) is 0 Å². The van der Waals surface area contributed by atoms with Gasteiger partial charge in [-0.2, -0.15) is 0 Å². The molecular formula is C12H24N2O2S. The van der Waals surface area contributed by atoms with Crippen LogP contribution in [-0.2, 0) is 10.0 Å². The number of sulfonamides is 1. The molecule has 1 N–H and O–H groups in total. The Balaban J connectivity index is 1.80. The monoisotopic (exact) mass is 260 g/mol. The van der Waals surface area contributed by atoms with E-state index in [-0.39, 0.29) is 0 Å². The first kappa shape index (κ1) is 13.3. The molecule has 0 amide bonds. The highest BCUT2D eigenvalue weighted by Gasteiger charge is 2.40. The summed E-state index contributed by atoms with van der Waals surface area (Å²) in [5, 5.41) is 3.17. The van der Waals surface area contributed by atoms with E-state index in [1.807, 2.05) is 6.92 Å². The van der Waals surface area contributed by atoms with Crippen LogP contribution in [0.15, 0.2) is 0 Å². The largest absolute Gasteiger partial charge is 0.317 e. The van der Waals surface area contributed by atoms with Crippen LogP contribution in [0.3, 0.4) is 0 Å². The summed E-state index contributed by atoms with van der Waals surface area (Å²) in [6.07, 6.45) is 4.48. The molecule has 0 radical (unpaired) electrons. The Labute approximate surface area is 105 Å². The normalized spacial score (nSPS) is 29.7. The van der Waals surface area contributed by atoms with Crippen LogP contribution in [0, 0.1) is 11.8 Å². The minimum absolute atomic E-state index is 0.305. The Kier molecular flexibility index (Phi) is 4.44. The minimum Gasteiger partial charge on any atom is -0.317 e. The second-order valence-electron chi connectivity index (χ2n) is 5.29. The Morgan fingerprint density at radius 2 is 1.88 bits per heavy atom. The molecule has 17 heavy (non-hydrogen) atoms. The third-order valence-electron chi connectivity index (χ3n) is 4.09. The number of rotatable bonds is 6. The van der Waals surface area contributed by atoms with Crippen molar-refractivity contribution in [3.63, 3.8) is 0 Å². The summed E-state index contributed by atoms with van der Waals surface area (Å²) >= 11 is 0. The molecule has 4 nitrogen and oxygen atoms in total. The number of nitrogens with one attached hydrogen (secondary N) is 1. The van der Waals surface area contributed by atoms with Crippen LogP contribution in [0.5, 0.6) is 0 Å². The third-order valence-corrected chi connectivity index (χ3v) is 5.98. The van der Waals surface area contributed by atoms with Crippen molar-refractivity contribution in [3.8, 4) is 0 Å². The first-order valence-electron chi connectivity index (χ1n) is 6.82. The van der Waals surface area contributed by atoms with Crippen LogP contribution >= 0.6 is 0 Å². The third kappa shape index (κ3) is 3.20. The lowest BCUT2D eigenvalue weighted by molar-refractivity contribution is 0.444. The second kappa shape index (κ2) is 5.67. The smallest absolute Gasteiger partial charge is 0.214 e. The molecule has 2 rings (SSSR count). The number of fused-ring (bicyclic) bond motifs is 1. The fourth-order valence-corrected chi connectivity index (χ4v) is 4.71. The highest BCUT2D eigenvalue weighted by Crippen LogP contribution is 2.38. The maximum atomic E-state index is 12.1. The second-order valence-corrected chi connectivity index (χ2v) is 7.38. The number of hydrogen-bond acceptors (Lipinski definition) is 3. The van der Waals surface area contributed by atoms with Crippen molar-refractivity contribution in [1.82, 2.24) is 9.62 Å². The van der Waals surface area contributed by atoms with E-state index in [9.17, 15) is 8.42 Å². The van der Waals surface area contributed by atoms with Gasteiger partial charge in [0.2, 0.25) is 10.0 Å². The lowest BCUT2D eigenvalue weighted by atomic mass is 10.0. The predicted octanol–water partition coefficient (Wildman–Crippen LogP) is 1.05. The average molecular weight is 260 g/mol. The molecule has 0 bridgehead atoms. The van der Waals surface area contributed by atoms with Gasteiger partial charge in [0.05, 0.1) is 5.75 Å². The zero-order valence-corrected chi connectivity index (χ0v) is 11.5. The van der Waals surface area contributed by atoms with E-state index in [0.29, 0.717) is 17.6 Å². The van der Waals surface area contributed by atoms with Gasteiger partial charge in [0.25, 0.3) is 0 Å². The summed E-state index contributed by atoms with van der Waals surface area (Å²) in [4.78, 5) is 0. The van der Waals surface area contributed by atoms with Gasteiger partial charge >= 0.3 is 0 Å². The highest BCUT2D eigenvalue weighted by molar-refractivity contribution is 7.89. The van der Waals surface area contributed by atoms with E-state index in [1.165, 1.54) is 19.3 Å². The average Bonchev–Trinajstić information content (AvgIpc) is 2.84. The Morgan fingerprint density at radius 1 is 1.24 bits per heavy atom. The fourth-order valence-electron chi connectivity index (χ4n) is 3.10. The van der Waals surface area contributed by atoms with Gasteiger partial charge in [-0.1, -0.05) is 13.3 Å². The molecule has 5 heteroatoms. The SMILES string of the molecule is CCNCCCS(=O)(=O)N1CC2CCCC2C1. The summed E-state index contributed by atoms with van der Waals surface area (Å²) in [7, 11) is -2.99. The molecule has 0 aromatic heterocycles. The van der Waals surface area contributed by atoms with Crippen LogP contribution in [0.25, 0.3) is 0 Å². The standard InChI is InChI=1S/C12H24N2O2S/c1-2-13-7-4-8-17(15,16)14-9-11-5-3-6-12(11)10-14/h11-13H,2-10H2,1H3. The van der Waals surface area contributed by atoms with Crippen molar-refractivity contribution in [2.45, 2.75) is 32.6 Å². The molecule has 0 spiro atoms. The Hall–Kier alpha value is -0.130. The molecule has 0 aromatic rings. The van der Waals surface area contributed by atoms with Gasteiger partial charge < -0.3 is 5.32 Å². The summed E-state index contributed by atoms with van der Waals surface area (Å²) in [5.74, 6) is 1.61. The lowest BCUT2D eigenvalue weighted by Gasteiger charge is -2.17. The van der Waals surface area contributed by atoms with E-state index in [2.05, 4.69) is 5.32 Å². The molecule has 2 fully saturated rings. The quantitative estimate of drug-likeness (QED) is 0.726. The molecule has 0 aromatic carbocycles. The van der Waals surface area contributed by atoms with Crippen molar-refractivity contribution in [1.29, 1.82) is 0 Å². The van der Waals surface area contributed by atoms with Gasteiger partial charge in [-0.05, 0) is 44.2 Å². The van der Waals surface area contributed by atoms with Crippen molar-refractivity contribution in [2.24, 2.45) is 11.8 Å². The van der Waals surface area contributed by atoms with Gasteiger partial charge in [-0.25, -0.2) is 12.7 Å². The summed E-state index contributed by atoms with van der Waals surface area (Å²) < 4.78 is 26.0. The van der Waals surface area contributed by atoms with E-state index < -0.39 is 10.0 Å². The van der Waals surface area contributed by atoms with Crippen molar-refractivity contribution in [2.75, 3.05) is 31.9 Å². The van der Waals surface area contributed by atoms with Gasteiger partial charge in [0.1, 0.15) is 0 Å². The summed E-state index contributed by atoms with van der Waals surface area (Å²) in [5.41, 5.74) is 0. The Bertz CT molecular complexity index is 330. The van der Waals surface area contributed by atoms with E-state index in [1.54, 1.807) is 4.31 Å². The summed E-state index contributed by atoms with van der Waals surface area (Å²) in [6, 6.07) is 0. The van der Waals surface area contributed by atoms with Crippen LogP contribution in [0.1, 0.15) is 32.6 Å². The van der Waals surface area contributed by atoms with Crippen LogP contribution in [-0.4, -0.2) is 44.7 Å². The molecule has 1 saturated carbocycles. The van der Waals surface area contributed by atoms with Crippen LogP contribution in [0.4, 0.5) is 0 Å². The van der Waals surface area contributed by atoms with E-state index >= 15 is 0 Å². The molecule has 2 aliphatic rings. The fraction of sp³-hybridized carbons (Fsp3) is 1.00. The topological polar surface area (TPSA) is 49.4 Å². The molecule has 100 valence electrons. The molecule has 1 heterocycles. The van der Waals surface area contributed by atoms with E-state index in [0.717, 1.165) is 32.6 Å². The van der Waals surface area contributed by atoms with Crippen molar-refractivity contribution in [3.05, 3.63) is 0 Å². The lowest BCUT2D eigenvalue weighted by Crippen LogP contribution is -2.32. The predicted molar refractivity (Wildman–Crippen MR) is 69.4 cm³/mol. The molecule has 2 unspecified atom stereocenters. The van der Waals surface area contributed by atoms with Crippen molar-refractivity contribution >= 4 is 10.0 Å². The minimum atomic E-state index is -2.99. The van der Waals surface area contributed by atoms with Crippen molar-refractivity contribution < 1.29 is 8.42 Å². The molecule has 1 aliphatic carbocycles. The molecular weight excluding hydrogens is 236 g/mol. The number of hydrogen-bond donors (Lipinski definition) is 1. The first-order chi connectivity index (χ1) is 8.13. The molecule has 2 atom stereocenters. The van der Waals surface area contributed by atoms with Gasteiger partial charge in [-0.15, -0.1) is 0 Å². The molecule has 1 saturated heterocycles. The maximum absolute atomic E-state index is 12.1. The maximum Gasteiger partial charge on any atom is 0.214 e. The zero-order valence-electron chi connectivity index (χ0n) is 10.7. The van der Waals surface area contributed by atoms with Gasteiger partial charge in [-0.3, -0.25) is 0 Å². The molecule has 1 aliphatic heterocycles. The highest BCUT2D eigenvalue weighted by atomic mass is 32.2. The number of nitrogens with zero attached hydrogens (tertiary/aromatic N) is 1. The zero-order chi connectivity index (χ0) is 12.3. The Morgan fingerprint density at radius 3 is 2.47 bits per heavy atom.